The van der Waals surface area contributed by atoms with Crippen LogP contribution in [0.5, 0.6) is 5.88 Å². The average molecular weight is 261 g/mol. The van der Waals surface area contributed by atoms with Gasteiger partial charge in [-0.25, -0.2) is 0 Å². The zero-order valence-corrected chi connectivity index (χ0v) is 10.1. The van der Waals surface area contributed by atoms with Crippen LogP contribution in [0, 0.1) is 0 Å². The van der Waals surface area contributed by atoms with Gasteiger partial charge in [0, 0.05) is 17.2 Å². The number of hydrogen-bond acceptors (Lipinski definition) is 5. The predicted octanol–water partition coefficient (Wildman–Crippen LogP) is 1.22. The van der Waals surface area contributed by atoms with E-state index >= 15 is 0 Å². The Balaban J connectivity index is 2.39. The van der Waals surface area contributed by atoms with E-state index in [1.54, 1.807) is 11.4 Å². The first kappa shape index (κ1) is 10.9. The van der Waals surface area contributed by atoms with Gasteiger partial charge in [0.2, 0.25) is 17.4 Å². The van der Waals surface area contributed by atoms with Crippen LogP contribution < -0.4 is 10.3 Å². The van der Waals surface area contributed by atoms with Crippen molar-refractivity contribution in [1.29, 1.82) is 0 Å². The number of H-pyrrole nitrogens is 1. The molecule has 0 atom stereocenters. The van der Waals surface area contributed by atoms with E-state index in [-0.39, 0.29) is 28.6 Å². The van der Waals surface area contributed by atoms with E-state index < -0.39 is 5.56 Å². The van der Waals surface area contributed by atoms with E-state index in [0.717, 1.165) is 6.07 Å². The van der Waals surface area contributed by atoms with Crippen LogP contribution in [-0.2, 0) is 0 Å². The van der Waals surface area contributed by atoms with Crippen molar-refractivity contribution in [1.82, 2.24) is 4.98 Å². The summed E-state index contributed by atoms with van der Waals surface area (Å²) < 4.78 is 4.98. The largest absolute Gasteiger partial charge is 0.482 e. The standard InChI is InChI=1S/C12H7NO4S/c1-17-12-8-6(4-7(14)13-12)10(16)11-5(9(8)15)2-3-18-11/h2-4H,1H3,(H,13,14). The van der Waals surface area contributed by atoms with Crippen LogP contribution in [0.15, 0.2) is 22.3 Å². The molecule has 2 aromatic rings. The van der Waals surface area contributed by atoms with Crippen LogP contribution >= 0.6 is 11.3 Å². The third kappa shape index (κ3) is 1.29. The van der Waals surface area contributed by atoms with E-state index in [2.05, 4.69) is 4.98 Å². The first-order chi connectivity index (χ1) is 8.63. The molecule has 0 aromatic carbocycles. The van der Waals surface area contributed by atoms with Gasteiger partial charge in [-0.1, -0.05) is 0 Å². The molecule has 0 saturated carbocycles. The third-order valence-corrected chi connectivity index (χ3v) is 3.71. The van der Waals surface area contributed by atoms with Crippen LogP contribution in [-0.4, -0.2) is 23.7 Å². The zero-order valence-electron chi connectivity index (χ0n) is 9.27. The van der Waals surface area contributed by atoms with Crippen LogP contribution in [0.25, 0.3) is 0 Å². The van der Waals surface area contributed by atoms with Crippen molar-refractivity contribution < 1.29 is 14.3 Å². The van der Waals surface area contributed by atoms with Crippen molar-refractivity contribution in [2.75, 3.05) is 7.11 Å². The Hall–Kier alpha value is -2.21. The van der Waals surface area contributed by atoms with Gasteiger partial charge in [0.25, 0.3) is 5.56 Å². The fourth-order valence-electron chi connectivity index (χ4n) is 2.01. The molecule has 1 N–H and O–H groups in total. The number of nitrogens with one attached hydrogen (secondary N) is 1. The molecule has 3 rings (SSSR count). The number of thiophene rings is 1. The minimum absolute atomic E-state index is 0.0349. The summed E-state index contributed by atoms with van der Waals surface area (Å²) in [4.78, 5) is 38.7. The molecule has 0 aliphatic heterocycles. The molecule has 1 aliphatic rings. The summed E-state index contributed by atoms with van der Waals surface area (Å²) in [6.45, 7) is 0. The summed E-state index contributed by atoms with van der Waals surface area (Å²) in [5.74, 6) is -0.569. The lowest BCUT2D eigenvalue weighted by Gasteiger charge is -2.15. The second kappa shape index (κ2) is 3.64. The highest BCUT2D eigenvalue weighted by molar-refractivity contribution is 7.12. The van der Waals surface area contributed by atoms with Crippen LogP contribution in [0.3, 0.4) is 0 Å². The highest BCUT2D eigenvalue weighted by Gasteiger charge is 2.34. The molecule has 0 fully saturated rings. The molecule has 1 aliphatic carbocycles. The second-order valence-electron chi connectivity index (χ2n) is 3.78. The fourth-order valence-corrected chi connectivity index (χ4v) is 2.86. The van der Waals surface area contributed by atoms with Crippen molar-refractivity contribution in [2.24, 2.45) is 0 Å². The SMILES string of the molecule is COc1[nH]c(=O)cc2c1C(=O)c1ccsc1C2=O. The second-order valence-corrected chi connectivity index (χ2v) is 4.69. The lowest BCUT2D eigenvalue weighted by Crippen LogP contribution is -2.24. The Morgan fingerprint density at radius 1 is 1.17 bits per heavy atom. The normalized spacial score (nSPS) is 13.2. The molecule has 2 aromatic heterocycles. The monoisotopic (exact) mass is 261 g/mol. The Labute approximate surface area is 105 Å². The zero-order chi connectivity index (χ0) is 12.9. The maximum atomic E-state index is 12.3. The number of pyridine rings is 1. The maximum Gasteiger partial charge on any atom is 0.251 e. The van der Waals surface area contributed by atoms with Crippen LogP contribution in [0.4, 0.5) is 0 Å². The van der Waals surface area contributed by atoms with Crippen LogP contribution in [0.1, 0.15) is 31.2 Å². The topological polar surface area (TPSA) is 76.2 Å². The molecule has 0 amide bonds. The Morgan fingerprint density at radius 2 is 1.94 bits per heavy atom. The van der Waals surface area contributed by atoms with Gasteiger partial charge < -0.3 is 4.74 Å². The van der Waals surface area contributed by atoms with Gasteiger partial charge in [0.15, 0.2) is 0 Å². The van der Waals surface area contributed by atoms with Crippen molar-refractivity contribution in [2.45, 2.75) is 0 Å². The molecule has 5 nitrogen and oxygen atoms in total. The third-order valence-electron chi connectivity index (χ3n) is 2.80. The molecule has 2 heterocycles. The minimum atomic E-state index is -0.466. The highest BCUT2D eigenvalue weighted by Crippen LogP contribution is 2.33. The van der Waals surface area contributed by atoms with Crippen molar-refractivity contribution in [3.05, 3.63) is 49.4 Å². The van der Waals surface area contributed by atoms with E-state index in [1.165, 1.54) is 18.4 Å². The fraction of sp³-hybridized carbons (Fsp3) is 0.0833. The summed E-state index contributed by atoms with van der Waals surface area (Å²) in [6, 6.07) is 2.74. The number of ketones is 2. The molecule has 0 saturated heterocycles. The van der Waals surface area contributed by atoms with Gasteiger partial charge in [-0.15, -0.1) is 11.3 Å². The summed E-state index contributed by atoms with van der Waals surface area (Å²) in [6.07, 6.45) is 0. The van der Waals surface area contributed by atoms with E-state index in [1.807, 2.05) is 0 Å². The molecule has 18 heavy (non-hydrogen) atoms. The van der Waals surface area contributed by atoms with Crippen molar-refractivity contribution >= 4 is 22.9 Å². The number of ether oxygens (including phenoxy) is 1. The Kier molecular flexibility index (Phi) is 2.21. The molecule has 0 bridgehead atoms. The lowest BCUT2D eigenvalue weighted by molar-refractivity contribution is 0.0979. The first-order valence-electron chi connectivity index (χ1n) is 5.11. The number of carbonyl (C=O) groups is 2. The molecular formula is C12H7NO4S. The number of aromatic nitrogens is 1. The van der Waals surface area contributed by atoms with E-state index in [9.17, 15) is 14.4 Å². The molecule has 0 spiro atoms. The quantitative estimate of drug-likeness (QED) is 0.714. The van der Waals surface area contributed by atoms with Gasteiger partial charge >= 0.3 is 0 Å². The Morgan fingerprint density at radius 3 is 2.67 bits per heavy atom. The summed E-state index contributed by atoms with van der Waals surface area (Å²) in [5, 5.41) is 1.68. The summed E-state index contributed by atoms with van der Waals surface area (Å²) in [7, 11) is 1.34. The van der Waals surface area contributed by atoms with Gasteiger partial charge in [-0.2, -0.15) is 0 Å². The van der Waals surface area contributed by atoms with Gasteiger partial charge in [0.1, 0.15) is 0 Å². The van der Waals surface area contributed by atoms with Crippen LogP contribution in [0.2, 0.25) is 0 Å². The van der Waals surface area contributed by atoms with Crippen molar-refractivity contribution in [3.8, 4) is 5.88 Å². The maximum absolute atomic E-state index is 12.3. The lowest BCUT2D eigenvalue weighted by atomic mass is 9.90. The molecular weight excluding hydrogens is 254 g/mol. The summed E-state index contributed by atoms with van der Waals surface area (Å²) in [5.41, 5.74) is 0.137. The number of rotatable bonds is 1. The molecule has 90 valence electrons. The molecule has 0 radical (unpaired) electrons. The van der Waals surface area contributed by atoms with Gasteiger partial charge in [0.05, 0.1) is 17.6 Å². The van der Waals surface area contributed by atoms with Crippen molar-refractivity contribution in [3.63, 3.8) is 0 Å². The number of carbonyl (C=O) groups excluding carboxylic acids is 2. The van der Waals surface area contributed by atoms with Gasteiger partial charge in [-0.05, 0) is 11.4 Å². The number of hydrogen-bond donors (Lipinski definition) is 1. The number of methoxy groups -OCH3 is 1. The molecule has 6 heteroatoms. The van der Waals surface area contributed by atoms with E-state index in [4.69, 9.17) is 4.74 Å². The van der Waals surface area contributed by atoms with E-state index in [0.29, 0.717) is 10.4 Å². The molecule has 0 unspecified atom stereocenters. The van der Waals surface area contributed by atoms with Gasteiger partial charge in [-0.3, -0.25) is 19.4 Å². The smallest absolute Gasteiger partial charge is 0.251 e. The first-order valence-corrected chi connectivity index (χ1v) is 5.99. The number of fused-ring (bicyclic) bond motifs is 2. The summed E-state index contributed by atoms with van der Waals surface area (Å²) >= 11 is 1.20. The highest BCUT2D eigenvalue weighted by atomic mass is 32.1. The predicted molar refractivity (Wildman–Crippen MR) is 64.8 cm³/mol. The Bertz CT molecular complexity index is 741. The minimum Gasteiger partial charge on any atom is -0.482 e. The average Bonchev–Trinajstić information content (AvgIpc) is 2.84. The number of aromatic amines is 1.